The van der Waals surface area contributed by atoms with E-state index in [9.17, 15) is 9.59 Å². The maximum atomic E-state index is 12.9. The third-order valence-electron chi connectivity index (χ3n) is 6.54. The molecule has 2 heterocycles. The Balaban J connectivity index is 1.12. The van der Waals surface area contributed by atoms with Gasteiger partial charge in [0.25, 0.3) is 11.8 Å². The molecule has 0 unspecified atom stereocenters. The second-order valence-electron chi connectivity index (χ2n) is 8.93. The molecule has 8 heteroatoms. The molecule has 2 amide bonds. The quantitative estimate of drug-likeness (QED) is 0.363. The van der Waals surface area contributed by atoms with Crippen molar-refractivity contribution in [1.29, 1.82) is 0 Å². The van der Waals surface area contributed by atoms with Crippen molar-refractivity contribution in [3.8, 4) is 0 Å². The van der Waals surface area contributed by atoms with Gasteiger partial charge in [0.2, 0.25) is 0 Å². The van der Waals surface area contributed by atoms with Crippen molar-refractivity contribution < 1.29 is 14.0 Å². The van der Waals surface area contributed by atoms with Gasteiger partial charge in [-0.15, -0.1) is 0 Å². The Morgan fingerprint density at radius 2 is 1.62 bits per heavy atom. The number of aryl methyl sites for hydroxylation is 1. The number of para-hydroxylation sites is 1. The van der Waals surface area contributed by atoms with E-state index in [-0.39, 0.29) is 16.9 Å². The molecule has 0 aliphatic carbocycles. The van der Waals surface area contributed by atoms with E-state index in [1.54, 1.807) is 12.1 Å². The highest BCUT2D eigenvalue weighted by atomic mass is 32.1. The van der Waals surface area contributed by atoms with E-state index in [1.165, 1.54) is 5.56 Å². The summed E-state index contributed by atoms with van der Waals surface area (Å²) in [4.78, 5) is 29.4. The molecule has 7 nitrogen and oxygen atoms in total. The van der Waals surface area contributed by atoms with Crippen molar-refractivity contribution >= 4 is 51.5 Å². The molecule has 0 atom stereocenters. The number of furan rings is 1. The monoisotopic (exact) mass is 512 g/mol. The molecule has 1 aromatic heterocycles. The van der Waals surface area contributed by atoms with Crippen LogP contribution in [-0.4, -0.2) is 48.0 Å². The third kappa shape index (κ3) is 5.65. The van der Waals surface area contributed by atoms with Crippen LogP contribution < -0.4 is 15.5 Å². The minimum Gasteiger partial charge on any atom is -0.451 e. The molecule has 188 valence electrons. The smallest absolute Gasteiger partial charge is 0.289 e. The molecule has 1 aliphatic rings. The van der Waals surface area contributed by atoms with E-state index >= 15 is 0 Å². The summed E-state index contributed by atoms with van der Waals surface area (Å²) in [6.45, 7) is 4.76. The Hall–Kier alpha value is -4.17. The van der Waals surface area contributed by atoms with E-state index in [0.29, 0.717) is 24.4 Å². The number of hydrogen-bond acceptors (Lipinski definition) is 5. The van der Waals surface area contributed by atoms with Crippen LogP contribution in [-0.2, 0) is 6.42 Å². The van der Waals surface area contributed by atoms with Gasteiger partial charge in [-0.05, 0) is 72.7 Å². The lowest BCUT2D eigenvalue weighted by molar-refractivity contribution is 0.0717. The lowest BCUT2D eigenvalue weighted by Crippen LogP contribution is -2.48. The summed E-state index contributed by atoms with van der Waals surface area (Å²) in [7, 11) is 0. The van der Waals surface area contributed by atoms with Gasteiger partial charge < -0.3 is 19.5 Å². The van der Waals surface area contributed by atoms with Gasteiger partial charge in [0.05, 0.1) is 0 Å². The topological polar surface area (TPSA) is 77.8 Å². The average Bonchev–Trinajstić information content (AvgIpc) is 3.37. The number of fused-ring (bicyclic) bond motifs is 1. The van der Waals surface area contributed by atoms with Crippen LogP contribution >= 0.6 is 12.2 Å². The second-order valence-corrected chi connectivity index (χ2v) is 9.34. The molecular weight excluding hydrogens is 484 g/mol. The molecule has 1 fully saturated rings. The first-order valence-corrected chi connectivity index (χ1v) is 12.7. The zero-order valence-electron chi connectivity index (χ0n) is 20.6. The molecule has 37 heavy (non-hydrogen) atoms. The van der Waals surface area contributed by atoms with Crippen molar-refractivity contribution in [2.75, 3.05) is 36.4 Å². The normalized spacial score (nSPS) is 13.4. The van der Waals surface area contributed by atoms with Gasteiger partial charge in [0, 0.05) is 48.5 Å². The first-order valence-electron chi connectivity index (χ1n) is 12.3. The fraction of sp³-hybridized carbons (Fsp3) is 0.207. The van der Waals surface area contributed by atoms with Gasteiger partial charge in [0.1, 0.15) is 5.58 Å². The number of carbonyl (C=O) groups is 2. The van der Waals surface area contributed by atoms with Gasteiger partial charge in [-0.25, -0.2) is 0 Å². The Bertz CT molecular complexity index is 1390. The number of anilines is 2. The van der Waals surface area contributed by atoms with Gasteiger partial charge in [-0.3, -0.25) is 14.9 Å². The van der Waals surface area contributed by atoms with Crippen LogP contribution in [0.1, 0.15) is 33.4 Å². The highest BCUT2D eigenvalue weighted by Gasteiger charge is 2.24. The first kappa shape index (κ1) is 24.5. The second kappa shape index (κ2) is 10.8. The van der Waals surface area contributed by atoms with Crippen LogP contribution in [0.25, 0.3) is 11.0 Å². The van der Waals surface area contributed by atoms with E-state index < -0.39 is 0 Å². The summed E-state index contributed by atoms with van der Waals surface area (Å²) in [5, 5.41) is 6.97. The number of nitrogens with one attached hydrogen (secondary N) is 2. The van der Waals surface area contributed by atoms with Crippen LogP contribution in [0.3, 0.4) is 0 Å². The number of piperazine rings is 1. The van der Waals surface area contributed by atoms with Crippen molar-refractivity contribution in [2.45, 2.75) is 13.3 Å². The Labute approximate surface area is 221 Å². The van der Waals surface area contributed by atoms with Crippen LogP contribution in [0.4, 0.5) is 11.4 Å². The predicted octanol–water partition coefficient (Wildman–Crippen LogP) is 5.08. The first-order chi connectivity index (χ1) is 18.0. The molecule has 1 aliphatic heterocycles. The molecule has 0 spiro atoms. The van der Waals surface area contributed by atoms with Crippen molar-refractivity contribution in [2.24, 2.45) is 0 Å². The molecular formula is C29H28N4O3S. The highest BCUT2D eigenvalue weighted by Crippen LogP contribution is 2.23. The van der Waals surface area contributed by atoms with Gasteiger partial charge in [-0.1, -0.05) is 37.3 Å². The molecule has 0 bridgehead atoms. The summed E-state index contributed by atoms with van der Waals surface area (Å²) in [5.41, 5.74) is 4.32. The lowest BCUT2D eigenvalue weighted by Gasteiger charge is -2.35. The molecule has 0 saturated carbocycles. The molecule has 0 radical (unpaired) electrons. The predicted molar refractivity (Wildman–Crippen MR) is 150 cm³/mol. The molecule has 3 aromatic carbocycles. The SMILES string of the molecule is CCc1ccc(C(=O)NC(=S)Nc2ccc(N3CCN(C(=O)c4cc5ccccc5o4)CC3)cc2)cc1. The van der Waals surface area contributed by atoms with Crippen LogP contribution in [0.5, 0.6) is 0 Å². The summed E-state index contributed by atoms with van der Waals surface area (Å²) in [6, 6.07) is 24.8. The fourth-order valence-electron chi connectivity index (χ4n) is 4.40. The summed E-state index contributed by atoms with van der Waals surface area (Å²) < 4.78 is 5.75. The molecule has 1 saturated heterocycles. The van der Waals surface area contributed by atoms with Crippen molar-refractivity contribution in [3.63, 3.8) is 0 Å². The standard InChI is InChI=1S/C29H28N4O3S/c1-2-20-7-9-21(10-8-20)27(34)31-29(37)30-23-11-13-24(14-12-23)32-15-17-33(18-16-32)28(35)26-19-22-5-3-4-6-25(22)36-26/h3-14,19H,2,15-18H2,1H3,(H2,30,31,34,37). The molecule has 4 aromatic rings. The zero-order valence-corrected chi connectivity index (χ0v) is 21.4. The van der Waals surface area contributed by atoms with Crippen molar-refractivity contribution in [1.82, 2.24) is 10.2 Å². The van der Waals surface area contributed by atoms with E-state index in [4.69, 9.17) is 16.6 Å². The number of thiocarbonyl (C=S) groups is 1. The third-order valence-corrected chi connectivity index (χ3v) is 6.75. The Morgan fingerprint density at radius 1 is 0.919 bits per heavy atom. The minimum atomic E-state index is -0.244. The van der Waals surface area contributed by atoms with Crippen LogP contribution in [0.2, 0.25) is 0 Å². The fourth-order valence-corrected chi connectivity index (χ4v) is 4.61. The van der Waals surface area contributed by atoms with E-state index in [2.05, 4.69) is 22.5 Å². The van der Waals surface area contributed by atoms with E-state index in [1.807, 2.05) is 71.6 Å². The largest absolute Gasteiger partial charge is 0.451 e. The number of amides is 2. The average molecular weight is 513 g/mol. The number of nitrogens with zero attached hydrogens (tertiary/aromatic N) is 2. The highest BCUT2D eigenvalue weighted by molar-refractivity contribution is 7.80. The van der Waals surface area contributed by atoms with Gasteiger partial charge in [0.15, 0.2) is 10.9 Å². The zero-order chi connectivity index (χ0) is 25.8. The maximum Gasteiger partial charge on any atom is 0.289 e. The number of hydrogen-bond donors (Lipinski definition) is 2. The minimum absolute atomic E-state index is 0.0766. The number of rotatable bonds is 5. The molecule has 2 N–H and O–H groups in total. The Kier molecular flexibility index (Phi) is 7.18. The van der Waals surface area contributed by atoms with Gasteiger partial charge >= 0.3 is 0 Å². The van der Waals surface area contributed by atoms with E-state index in [0.717, 1.165) is 41.9 Å². The van der Waals surface area contributed by atoms with Crippen LogP contribution in [0.15, 0.2) is 83.3 Å². The number of carbonyl (C=O) groups excluding carboxylic acids is 2. The maximum absolute atomic E-state index is 12.9. The summed E-state index contributed by atoms with van der Waals surface area (Å²) in [5.74, 6) is 0.0604. The van der Waals surface area contributed by atoms with Gasteiger partial charge in [-0.2, -0.15) is 0 Å². The summed E-state index contributed by atoms with van der Waals surface area (Å²) >= 11 is 5.32. The molecule has 5 rings (SSSR count). The lowest BCUT2D eigenvalue weighted by atomic mass is 10.1. The summed E-state index contributed by atoms with van der Waals surface area (Å²) in [6.07, 6.45) is 0.925. The Morgan fingerprint density at radius 3 is 2.30 bits per heavy atom. The van der Waals surface area contributed by atoms with Crippen LogP contribution in [0, 0.1) is 0 Å². The van der Waals surface area contributed by atoms with Crippen molar-refractivity contribution in [3.05, 3.63) is 95.7 Å². The number of benzene rings is 3.